The van der Waals surface area contributed by atoms with Gasteiger partial charge in [-0.1, -0.05) is 0 Å². The van der Waals surface area contributed by atoms with Crippen LogP contribution in [0.4, 0.5) is 0 Å². The van der Waals surface area contributed by atoms with Crippen molar-refractivity contribution in [2.75, 3.05) is 0 Å². The molecule has 1 aromatic rings. The van der Waals surface area contributed by atoms with Crippen LogP contribution in [0.2, 0.25) is 0 Å². The van der Waals surface area contributed by atoms with Crippen molar-refractivity contribution >= 4 is 57.1 Å². The molecule has 0 N–H and O–H groups in total. The molecular formula is C10H8I2O4. The maximum atomic E-state index is 10.9. The summed E-state index contributed by atoms with van der Waals surface area (Å²) >= 11 is 4.14. The second kappa shape index (κ2) is 5.80. The Morgan fingerprint density at radius 2 is 1.62 bits per heavy atom. The Morgan fingerprint density at radius 3 is 2.12 bits per heavy atom. The van der Waals surface area contributed by atoms with E-state index in [0.29, 0.717) is 0 Å². The molecule has 6 heteroatoms. The summed E-state index contributed by atoms with van der Waals surface area (Å²) < 4.78 is 11.7. The molecule has 0 radical (unpaired) electrons. The normalized spacial score (nSPS) is 9.75. The SMILES string of the molecule is CC(=O)Oc1ccc(I)c(I)c1OC(C)=O. The van der Waals surface area contributed by atoms with Crippen LogP contribution in [0.25, 0.3) is 0 Å². The van der Waals surface area contributed by atoms with Gasteiger partial charge < -0.3 is 9.47 Å². The largest absolute Gasteiger partial charge is 0.423 e. The van der Waals surface area contributed by atoms with Crippen LogP contribution in [0.5, 0.6) is 11.5 Å². The molecule has 0 amide bonds. The standard InChI is InChI=1S/C10H8I2O4/c1-5(13)15-8-4-3-7(11)9(12)10(8)16-6(2)14/h3-4H,1-2H3. The summed E-state index contributed by atoms with van der Waals surface area (Å²) in [5.74, 6) is -0.360. The number of esters is 2. The van der Waals surface area contributed by atoms with Gasteiger partial charge in [0.2, 0.25) is 0 Å². The van der Waals surface area contributed by atoms with Gasteiger partial charge in [-0.3, -0.25) is 9.59 Å². The van der Waals surface area contributed by atoms with Gasteiger partial charge in [0, 0.05) is 17.4 Å². The summed E-state index contributed by atoms with van der Waals surface area (Å²) in [6.07, 6.45) is 0. The van der Waals surface area contributed by atoms with Crippen LogP contribution < -0.4 is 9.47 Å². The molecule has 86 valence electrons. The van der Waals surface area contributed by atoms with Gasteiger partial charge in [0.15, 0.2) is 11.5 Å². The Hall–Kier alpha value is -0.380. The minimum atomic E-state index is -0.453. The lowest BCUT2D eigenvalue weighted by atomic mass is 10.3. The number of hydrogen-bond donors (Lipinski definition) is 0. The molecule has 0 spiro atoms. The van der Waals surface area contributed by atoms with Crippen LogP contribution in [0.3, 0.4) is 0 Å². The molecule has 16 heavy (non-hydrogen) atoms. The van der Waals surface area contributed by atoms with Crippen LogP contribution in [0, 0.1) is 7.14 Å². The number of rotatable bonds is 2. The Kier molecular flexibility index (Phi) is 4.96. The molecule has 0 unspecified atom stereocenters. The fraction of sp³-hybridized carbons (Fsp3) is 0.200. The van der Waals surface area contributed by atoms with Crippen molar-refractivity contribution in [2.24, 2.45) is 0 Å². The molecule has 0 saturated carbocycles. The zero-order valence-corrected chi connectivity index (χ0v) is 12.9. The first-order chi connectivity index (χ1) is 7.41. The summed E-state index contributed by atoms with van der Waals surface area (Å²) in [6.45, 7) is 2.59. The van der Waals surface area contributed by atoms with Crippen LogP contribution >= 0.6 is 45.2 Å². The zero-order valence-electron chi connectivity index (χ0n) is 8.54. The first-order valence-electron chi connectivity index (χ1n) is 4.26. The second-order valence-corrected chi connectivity index (χ2v) is 5.12. The van der Waals surface area contributed by atoms with Gasteiger partial charge in [0.05, 0.1) is 3.57 Å². The highest BCUT2D eigenvalue weighted by molar-refractivity contribution is 14.1. The fourth-order valence-electron chi connectivity index (χ4n) is 0.988. The van der Waals surface area contributed by atoms with Crippen molar-refractivity contribution in [1.29, 1.82) is 0 Å². The van der Waals surface area contributed by atoms with Crippen LogP contribution in [0.15, 0.2) is 12.1 Å². The van der Waals surface area contributed by atoms with E-state index in [4.69, 9.17) is 9.47 Å². The zero-order chi connectivity index (χ0) is 12.3. The van der Waals surface area contributed by atoms with Crippen molar-refractivity contribution in [3.63, 3.8) is 0 Å². The molecular weight excluding hydrogens is 438 g/mol. The molecule has 0 aliphatic carbocycles. The van der Waals surface area contributed by atoms with Crippen molar-refractivity contribution in [1.82, 2.24) is 0 Å². The maximum absolute atomic E-state index is 10.9. The Morgan fingerprint density at radius 1 is 1.06 bits per heavy atom. The molecule has 0 aliphatic heterocycles. The lowest BCUT2D eigenvalue weighted by Crippen LogP contribution is -2.08. The molecule has 0 bridgehead atoms. The number of halogens is 2. The number of ether oxygens (including phenoxy) is 2. The molecule has 0 aliphatic rings. The lowest BCUT2D eigenvalue weighted by Gasteiger charge is -2.11. The van der Waals surface area contributed by atoms with E-state index in [2.05, 4.69) is 22.6 Å². The van der Waals surface area contributed by atoms with E-state index in [1.165, 1.54) is 13.8 Å². The van der Waals surface area contributed by atoms with Crippen molar-refractivity contribution in [2.45, 2.75) is 13.8 Å². The number of hydrogen-bond acceptors (Lipinski definition) is 4. The summed E-state index contributed by atoms with van der Waals surface area (Å²) in [4.78, 5) is 21.8. The third-order valence-electron chi connectivity index (χ3n) is 1.51. The highest BCUT2D eigenvalue weighted by atomic mass is 127. The van der Waals surface area contributed by atoms with E-state index < -0.39 is 11.9 Å². The Balaban J connectivity index is 3.20. The minimum Gasteiger partial charge on any atom is -0.423 e. The lowest BCUT2D eigenvalue weighted by molar-refractivity contribution is -0.134. The van der Waals surface area contributed by atoms with E-state index in [-0.39, 0.29) is 11.5 Å². The highest BCUT2D eigenvalue weighted by Gasteiger charge is 2.16. The van der Waals surface area contributed by atoms with Gasteiger partial charge in [-0.05, 0) is 57.3 Å². The Bertz CT molecular complexity index is 443. The molecule has 0 heterocycles. The molecule has 4 nitrogen and oxygen atoms in total. The predicted molar refractivity (Wildman–Crippen MR) is 74.5 cm³/mol. The molecule has 0 fully saturated rings. The molecule has 0 atom stereocenters. The quantitative estimate of drug-likeness (QED) is 0.399. The van der Waals surface area contributed by atoms with Gasteiger partial charge in [-0.15, -0.1) is 0 Å². The van der Waals surface area contributed by atoms with Gasteiger partial charge in [0.25, 0.3) is 0 Å². The monoisotopic (exact) mass is 446 g/mol. The third-order valence-corrected chi connectivity index (χ3v) is 4.52. The van der Waals surface area contributed by atoms with Gasteiger partial charge in [-0.2, -0.15) is 0 Å². The number of benzene rings is 1. The first kappa shape index (κ1) is 13.7. The molecule has 1 rings (SSSR count). The van der Waals surface area contributed by atoms with Crippen LogP contribution in [0.1, 0.15) is 13.8 Å². The van der Waals surface area contributed by atoms with E-state index in [1.807, 2.05) is 22.6 Å². The predicted octanol–water partition coefficient (Wildman–Crippen LogP) is 2.75. The van der Waals surface area contributed by atoms with Gasteiger partial charge in [0.1, 0.15) is 0 Å². The molecule has 0 aromatic heterocycles. The fourth-order valence-corrected chi connectivity index (χ4v) is 1.97. The Labute approximate surface area is 120 Å². The average molecular weight is 446 g/mol. The smallest absolute Gasteiger partial charge is 0.308 e. The summed E-state index contributed by atoms with van der Waals surface area (Å²) in [6, 6.07) is 3.39. The van der Waals surface area contributed by atoms with E-state index in [1.54, 1.807) is 12.1 Å². The molecule has 1 aromatic carbocycles. The number of carbonyl (C=O) groups is 2. The van der Waals surface area contributed by atoms with Crippen molar-refractivity contribution in [3.8, 4) is 11.5 Å². The van der Waals surface area contributed by atoms with Crippen molar-refractivity contribution < 1.29 is 19.1 Å². The van der Waals surface area contributed by atoms with Crippen LogP contribution in [-0.2, 0) is 9.59 Å². The number of carbonyl (C=O) groups excluding carboxylic acids is 2. The van der Waals surface area contributed by atoms with Gasteiger partial charge in [-0.25, -0.2) is 0 Å². The average Bonchev–Trinajstić information content (AvgIpc) is 2.16. The summed E-state index contributed by atoms with van der Waals surface area (Å²) in [5.41, 5.74) is 0. The highest BCUT2D eigenvalue weighted by Crippen LogP contribution is 2.35. The second-order valence-electron chi connectivity index (χ2n) is 2.88. The topological polar surface area (TPSA) is 52.6 Å². The molecule has 0 saturated heterocycles. The van der Waals surface area contributed by atoms with E-state index in [9.17, 15) is 9.59 Å². The summed E-state index contributed by atoms with van der Waals surface area (Å²) in [7, 11) is 0. The first-order valence-corrected chi connectivity index (χ1v) is 6.42. The summed E-state index contributed by atoms with van der Waals surface area (Å²) in [5, 5.41) is 0. The van der Waals surface area contributed by atoms with Crippen molar-refractivity contribution in [3.05, 3.63) is 19.3 Å². The van der Waals surface area contributed by atoms with Gasteiger partial charge >= 0.3 is 11.9 Å². The van der Waals surface area contributed by atoms with E-state index >= 15 is 0 Å². The van der Waals surface area contributed by atoms with E-state index in [0.717, 1.165) is 7.14 Å². The van der Waals surface area contributed by atoms with Crippen LogP contribution in [-0.4, -0.2) is 11.9 Å². The minimum absolute atomic E-state index is 0.257. The maximum Gasteiger partial charge on any atom is 0.308 e. The third kappa shape index (κ3) is 3.58.